The van der Waals surface area contributed by atoms with E-state index in [4.69, 9.17) is 4.98 Å². The van der Waals surface area contributed by atoms with Crippen LogP contribution in [0.4, 0.5) is 15.9 Å². The number of piperazine rings is 1. The molecule has 4 rings (SSSR count). The van der Waals surface area contributed by atoms with Crippen LogP contribution < -0.4 is 10.2 Å². The molecule has 0 unspecified atom stereocenters. The number of amides is 1. The Bertz CT molecular complexity index is 1180. The maximum absolute atomic E-state index is 14.0. The maximum Gasteiger partial charge on any atom is 0.336 e. The summed E-state index contributed by atoms with van der Waals surface area (Å²) in [5.74, 6) is -0.744. The number of hydrogen-bond acceptors (Lipinski definition) is 5. The van der Waals surface area contributed by atoms with Crippen molar-refractivity contribution in [2.45, 2.75) is 26.3 Å². The van der Waals surface area contributed by atoms with Crippen LogP contribution in [-0.4, -0.2) is 53.0 Å². The summed E-state index contributed by atoms with van der Waals surface area (Å²) >= 11 is 0. The first-order valence-electron chi connectivity index (χ1n) is 11.1. The largest absolute Gasteiger partial charge is 0.478 e. The number of carboxylic acids is 1. The highest BCUT2D eigenvalue weighted by Crippen LogP contribution is 2.27. The minimum absolute atomic E-state index is 0.105. The minimum Gasteiger partial charge on any atom is -0.478 e. The van der Waals surface area contributed by atoms with E-state index in [0.29, 0.717) is 54.0 Å². The first-order valence-corrected chi connectivity index (χ1v) is 11.1. The third kappa shape index (κ3) is 5.28. The van der Waals surface area contributed by atoms with Crippen molar-refractivity contribution >= 4 is 34.3 Å². The molecule has 1 fully saturated rings. The van der Waals surface area contributed by atoms with Crippen LogP contribution in [0.25, 0.3) is 10.9 Å². The van der Waals surface area contributed by atoms with Crippen molar-refractivity contribution in [3.05, 3.63) is 65.5 Å². The molecule has 0 saturated carbocycles. The fourth-order valence-corrected chi connectivity index (χ4v) is 4.08. The molecule has 0 bridgehead atoms. The van der Waals surface area contributed by atoms with Crippen LogP contribution in [-0.2, 0) is 11.3 Å². The fraction of sp³-hybridized carbons (Fsp3) is 0.320. The highest BCUT2D eigenvalue weighted by Gasteiger charge is 2.21. The quantitative estimate of drug-likeness (QED) is 0.563. The van der Waals surface area contributed by atoms with Crippen molar-refractivity contribution in [1.29, 1.82) is 0 Å². The van der Waals surface area contributed by atoms with Crippen molar-refractivity contribution in [2.75, 3.05) is 36.4 Å². The number of carbonyl (C=O) groups is 2. The predicted octanol–water partition coefficient (Wildman–Crippen LogP) is 4.13. The molecule has 33 heavy (non-hydrogen) atoms. The van der Waals surface area contributed by atoms with Gasteiger partial charge in [-0.1, -0.05) is 25.1 Å². The molecule has 0 atom stereocenters. The number of carboxylic acid groups (broad SMARTS) is 1. The molecule has 3 aromatic rings. The van der Waals surface area contributed by atoms with Crippen molar-refractivity contribution in [2.24, 2.45) is 0 Å². The van der Waals surface area contributed by atoms with Crippen LogP contribution in [0.3, 0.4) is 0 Å². The van der Waals surface area contributed by atoms with Crippen molar-refractivity contribution in [3.8, 4) is 0 Å². The van der Waals surface area contributed by atoms with Gasteiger partial charge in [0.15, 0.2) is 0 Å². The van der Waals surface area contributed by atoms with Crippen molar-refractivity contribution < 1.29 is 19.1 Å². The molecule has 0 aliphatic carbocycles. The molecule has 1 aliphatic rings. The van der Waals surface area contributed by atoms with E-state index in [1.807, 2.05) is 13.0 Å². The standard InChI is InChI=1S/C25H27FN4O3/c1-2-5-24(31)27-18-8-9-22-19(14-18)20(25(32)33)15-23(28-22)30-12-10-29(11-13-30)16-17-6-3-4-7-21(17)26/h3-4,6-9,14-15H,2,5,10-13,16H2,1H3,(H,27,31)(H,32,33). The zero-order chi connectivity index (χ0) is 23.4. The number of fused-ring (bicyclic) bond motifs is 1. The number of hydrogen-bond donors (Lipinski definition) is 2. The minimum atomic E-state index is -1.04. The number of nitrogens with zero attached hydrogens (tertiary/aromatic N) is 3. The van der Waals surface area contributed by atoms with Crippen LogP contribution in [0, 0.1) is 5.82 Å². The van der Waals surface area contributed by atoms with Gasteiger partial charge in [-0.05, 0) is 36.8 Å². The normalized spacial score (nSPS) is 14.4. The first-order chi connectivity index (χ1) is 15.9. The Morgan fingerprint density at radius 1 is 1.09 bits per heavy atom. The van der Waals surface area contributed by atoms with Crippen LogP contribution in [0.5, 0.6) is 0 Å². The molecule has 1 saturated heterocycles. The van der Waals surface area contributed by atoms with E-state index in [9.17, 15) is 19.1 Å². The maximum atomic E-state index is 14.0. The average Bonchev–Trinajstić information content (AvgIpc) is 2.80. The van der Waals surface area contributed by atoms with Gasteiger partial charge in [-0.15, -0.1) is 0 Å². The topological polar surface area (TPSA) is 85.8 Å². The summed E-state index contributed by atoms with van der Waals surface area (Å²) in [5, 5.41) is 13.1. The molecule has 0 radical (unpaired) electrons. The summed E-state index contributed by atoms with van der Waals surface area (Å²) in [6.45, 7) is 5.23. The van der Waals surface area contributed by atoms with Crippen molar-refractivity contribution in [3.63, 3.8) is 0 Å². The number of aromatic nitrogens is 1. The molecular formula is C25H27FN4O3. The van der Waals surface area contributed by atoms with Gasteiger partial charge in [-0.3, -0.25) is 9.69 Å². The van der Waals surface area contributed by atoms with Crippen LogP contribution >= 0.6 is 0 Å². The number of rotatable bonds is 7. The number of aromatic carboxylic acids is 1. The average molecular weight is 451 g/mol. The summed E-state index contributed by atoms with van der Waals surface area (Å²) < 4.78 is 14.0. The lowest BCUT2D eigenvalue weighted by Crippen LogP contribution is -2.46. The fourth-order valence-electron chi connectivity index (χ4n) is 4.08. The third-order valence-electron chi connectivity index (χ3n) is 5.83. The van der Waals surface area contributed by atoms with Gasteiger partial charge in [0.05, 0.1) is 11.1 Å². The smallest absolute Gasteiger partial charge is 0.336 e. The Morgan fingerprint density at radius 3 is 2.55 bits per heavy atom. The van der Waals surface area contributed by atoms with Crippen LogP contribution in [0.15, 0.2) is 48.5 Å². The molecule has 1 aromatic heterocycles. The lowest BCUT2D eigenvalue weighted by Gasteiger charge is -2.35. The second-order valence-electron chi connectivity index (χ2n) is 8.22. The monoisotopic (exact) mass is 450 g/mol. The van der Waals surface area contributed by atoms with Crippen molar-refractivity contribution in [1.82, 2.24) is 9.88 Å². The second kappa shape index (κ2) is 9.95. The van der Waals surface area contributed by atoms with Gasteiger partial charge in [0.25, 0.3) is 0 Å². The Labute approximate surface area is 191 Å². The van der Waals surface area contributed by atoms with Gasteiger partial charge in [-0.25, -0.2) is 14.2 Å². The van der Waals surface area contributed by atoms with Gasteiger partial charge in [0.1, 0.15) is 11.6 Å². The summed E-state index contributed by atoms with van der Waals surface area (Å²) in [4.78, 5) is 32.8. The molecule has 0 spiro atoms. The molecule has 8 heteroatoms. The van der Waals surface area contributed by atoms with Gasteiger partial charge in [0.2, 0.25) is 5.91 Å². The van der Waals surface area contributed by atoms with Gasteiger partial charge in [0, 0.05) is 55.8 Å². The number of pyridine rings is 1. The zero-order valence-corrected chi connectivity index (χ0v) is 18.6. The summed E-state index contributed by atoms with van der Waals surface area (Å²) in [6.07, 6.45) is 1.14. The van der Waals surface area contributed by atoms with E-state index in [1.54, 1.807) is 36.4 Å². The Hall–Kier alpha value is -3.52. The van der Waals surface area contributed by atoms with Crippen LogP contribution in [0.1, 0.15) is 35.7 Å². The molecule has 2 aromatic carbocycles. The molecule has 1 aliphatic heterocycles. The molecule has 1 amide bonds. The Morgan fingerprint density at radius 2 is 1.85 bits per heavy atom. The lowest BCUT2D eigenvalue weighted by molar-refractivity contribution is -0.116. The SMILES string of the molecule is CCCC(=O)Nc1ccc2nc(N3CCN(Cc4ccccc4F)CC3)cc(C(=O)O)c2c1. The first kappa shape index (κ1) is 22.7. The number of benzene rings is 2. The van der Waals surface area contributed by atoms with E-state index in [-0.39, 0.29) is 17.3 Å². The summed E-state index contributed by atoms with van der Waals surface area (Å²) in [5.41, 5.74) is 1.94. The zero-order valence-electron chi connectivity index (χ0n) is 18.6. The molecular weight excluding hydrogens is 423 g/mol. The summed E-state index contributed by atoms with van der Waals surface area (Å²) in [6, 6.07) is 13.5. The van der Waals surface area contributed by atoms with E-state index >= 15 is 0 Å². The lowest BCUT2D eigenvalue weighted by atomic mass is 10.1. The highest BCUT2D eigenvalue weighted by atomic mass is 19.1. The van der Waals surface area contributed by atoms with Gasteiger partial charge >= 0.3 is 5.97 Å². The number of nitrogens with one attached hydrogen (secondary N) is 1. The van der Waals surface area contributed by atoms with E-state index in [1.165, 1.54) is 6.07 Å². The second-order valence-corrected chi connectivity index (χ2v) is 8.22. The Kier molecular flexibility index (Phi) is 6.84. The highest BCUT2D eigenvalue weighted by molar-refractivity contribution is 6.05. The van der Waals surface area contributed by atoms with E-state index in [0.717, 1.165) is 19.5 Å². The molecule has 172 valence electrons. The van der Waals surface area contributed by atoms with Gasteiger partial charge < -0.3 is 15.3 Å². The summed E-state index contributed by atoms with van der Waals surface area (Å²) in [7, 11) is 0. The molecule has 2 heterocycles. The molecule has 7 nitrogen and oxygen atoms in total. The predicted molar refractivity (Wildman–Crippen MR) is 126 cm³/mol. The number of anilines is 2. The van der Waals surface area contributed by atoms with Gasteiger partial charge in [-0.2, -0.15) is 0 Å². The van der Waals surface area contributed by atoms with Crippen LogP contribution in [0.2, 0.25) is 0 Å². The number of halogens is 1. The number of carbonyl (C=O) groups excluding carboxylic acids is 1. The van der Waals surface area contributed by atoms with E-state index < -0.39 is 5.97 Å². The Balaban J connectivity index is 1.52. The molecule has 2 N–H and O–H groups in total. The van der Waals surface area contributed by atoms with E-state index in [2.05, 4.69) is 15.1 Å². The third-order valence-corrected chi connectivity index (χ3v) is 5.83.